The SMILES string of the molecule is CC1CC(C)N(CSCNS(=O)(=O)c2cccc3ccccc23)C1. The smallest absolute Gasteiger partial charge is 0.241 e. The minimum atomic E-state index is -3.50. The Hall–Kier alpha value is -1.08. The number of hydrogen-bond acceptors (Lipinski definition) is 4. The van der Waals surface area contributed by atoms with Crippen LogP contribution in [0.2, 0.25) is 0 Å². The molecule has 0 aliphatic carbocycles. The van der Waals surface area contributed by atoms with Crippen molar-refractivity contribution in [3.05, 3.63) is 42.5 Å². The molecule has 6 heteroatoms. The van der Waals surface area contributed by atoms with Crippen molar-refractivity contribution in [1.82, 2.24) is 9.62 Å². The molecule has 0 bridgehead atoms. The molecule has 1 aliphatic heterocycles. The fourth-order valence-electron chi connectivity index (χ4n) is 3.36. The van der Waals surface area contributed by atoms with Crippen molar-refractivity contribution in [2.24, 2.45) is 5.92 Å². The molecule has 0 saturated carbocycles. The summed E-state index contributed by atoms with van der Waals surface area (Å²) in [6, 6.07) is 13.5. The lowest BCUT2D eigenvalue weighted by Gasteiger charge is -2.20. The predicted molar refractivity (Wildman–Crippen MR) is 102 cm³/mol. The fraction of sp³-hybridized carbons (Fsp3) is 0.444. The molecular weight excluding hydrogens is 340 g/mol. The van der Waals surface area contributed by atoms with Crippen LogP contribution in [0.15, 0.2) is 47.4 Å². The number of fused-ring (bicyclic) bond motifs is 1. The molecule has 0 amide bonds. The van der Waals surface area contributed by atoms with Crippen LogP contribution in [0.1, 0.15) is 20.3 Å². The molecule has 0 radical (unpaired) electrons. The van der Waals surface area contributed by atoms with Crippen LogP contribution >= 0.6 is 11.8 Å². The summed E-state index contributed by atoms with van der Waals surface area (Å²) in [5.74, 6) is 1.99. The van der Waals surface area contributed by atoms with Gasteiger partial charge >= 0.3 is 0 Å². The van der Waals surface area contributed by atoms with Crippen molar-refractivity contribution in [3.8, 4) is 0 Å². The summed E-state index contributed by atoms with van der Waals surface area (Å²) >= 11 is 1.62. The highest BCUT2D eigenvalue weighted by molar-refractivity contribution is 8.00. The van der Waals surface area contributed by atoms with Crippen LogP contribution in [0.25, 0.3) is 10.8 Å². The molecule has 3 rings (SSSR count). The van der Waals surface area contributed by atoms with Crippen LogP contribution in [-0.4, -0.2) is 37.7 Å². The van der Waals surface area contributed by atoms with E-state index in [1.165, 1.54) is 6.42 Å². The summed E-state index contributed by atoms with van der Waals surface area (Å²) in [5, 5.41) is 1.70. The summed E-state index contributed by atoms with van der Waals surface area (Å²) in [5.41, 5.74) is 0. The summed E-state index contributed by atoms with van der Waals surface area (Å²) in [4.78, 5) is 2.77. The first kappa shape index (κ1) is 17.7. The molecule has 4 nitrogen and oxygen atoms in total. The Labute approximate surface area is 148 Å². The molecule has 2 unspecified atom stereocenters. The third kappa shape index (κ3) is 3.94. The largest absolute Gasteiger partial charge is 0.291 e. The number of thioether (sulfide) groups is 1. The van der Waals surface area contributed by atoms with Crippen molar-refractivity contribution in [2.45, 2.75) is 31.2 Å². The van der Waals surface area contributed by atoms with Gasteiger partial charge in [-0.15, -0.1) is 11.8 Å². The number of nitrogens with zero attached hydrogens (tertiary/aromatic N) is 1. The third-order valence-electron chi connectivity index (χ3n) is 4.56. The van der Waals surface area contributed by atoms with Crippen LogP contribution in [0.5, 0.6) is 0 Å². The number of nitrogens with one attached hydrogen (secondary N) is 1. The highest BCUT2D eigenvalue weighted by Gasteiger charge is 2.25. The number of benzene rings is 2. The van der Waals surface area contributed by atoms with Gasteiger partial charge in [0.15, 0.2) is 0 Å². The average molecular weight is 365 g/mol. The van der Waals surface area contributed by atoms with Gasteiger partial charge in [-0.1, -0.05) is 43.3 Å². The molecule has 2 atom stereocenters. The second-order valence-electron chi connectivity index (χ2n) is 6.56. The minimum Gasteiger partial charge on any atom is -0.291 e. The van der Waals surface area contributed by atoms with Crippen LogP contribution in [-0.2, 0) is 10.0 Å². The van der Waals surface area contributed by atoms with E-state index in [0.717, 1.165) is 29.1 Å². The van der Waals surface area contributed by atoms with E-state index in [2.05, 4.69) is 23.5 Å². The van der Waals surface area contributed by atoms with Gasteiger partial charge in [-0.3, -0.25) is 4.90 Å². The first-order valence-corrected chi connectivity index (χ1v) is 10.9. The average Bonchev–Trinajstić information content (AvgIpc) is 2.88. The van der Waals surface area contributed by atoms with E-state index < -0.39 is 10.0 Å². The monoisotopic (exact) mass is 364 g/mol. The topological polar surface area (TPSA) is 49.4 Å². The van der Waals surface area contributed by atoms with E-state index in [1.54, 1.807) is 23.9 Å². The van der Waals surface area contributed by atoms with Crippen LogP contribution in [0, 0.1) is 5.92 Å². The zero-order chi connectivity index (χ0) is 17.2. The lowest BCUT2D eigenvalue weighted by molar-refractivity contribution is 0.313. The lowest BCUT2D eigenvalue weighted by atomic mass is 10.1. The second-order valence-corrected chi connectivity index (χ2v) is 9.25. The molecule has 0 spiro atoms. The molecule has 0 aromatic heterocycles. The Morgan fingerprint density at radius 2 is 1.92 bits per heavy atom. The van der Waals surface area contributed by atoms with E-state index in [-0.39, 0.29) is 0 Å². The Morgan fingerprint density at radius 3 is 2.67 bits per heavy atom. The number of sulfonamides is 1. The van der Waals surface area contributed by atoms with E-state index in [4.69, 9.17) is 0 Å². The number of hydrogen-bond donors (Lipinski definition) is 1. The van der Waals surface area contributed by atoms with E-state index in [1.807, 2.05) is 30.3 Å². The first-order valence-electron chi connectivity index (χ1n) is 8.26. The molecule has 1 saturated heterocycles. The van der Waals surface area contributed by atoms with Gasteiger partial charge < -0.3 is 0 Å². The summed E-state index contributed by atoms with van der Waals surface area (Å²) in [6.45, 7) is 5.61. The number of likely N-dealkylation sites (tertiary alicyclic amines) is 1. The second kappa shape index (κ2) is 7.44. The van der Waals surface area contributed by atoms with Crippen LogP contribution < -0.4 is 4.72 Å². The number of rotatable bonds is 6. The molecule has 2 aromatic rings. The van der Waals surface area contributed by atoms with Gasteiger partial charge in [0.25, 0.3) is 0 Å². The fourth-order valence-corrected chi connectivity index (χ4v) is 5.88. The van der Waals surface area contributed by atoms with Crippen molar-refractivity contribution in [1.29, 1.82) is 0 Å². The van der Waals surface area contributed by atoms with Gasteiger partial charge in [-0.2, -0.15) is 0 Å². The van der Waals surface area contributed by atoms with E-state index >= 15 is 0 Å². The van der Waals surface area contributed by atoms with Crippen molar-refractivity contribution >= 4 is 32.6 Å². The molecule has 2 aromatic carbocycles. The maximum absolute atomic E-state index is 12.6. The first-order chi connectivity index (χ1) is 11.5. The van der Waals surface area contributed by atoms with Crippen LogP contribution in [0.4, 0.5) is 0 Å². The molecule has 1 fully saturated rings. The van der Waals surface area contributed by atoms with Crippen molar-refractivity contribution < 1.29 is 8.42 Å². The lowest BCUT2D eigenvalue weighted by Crippen LogP contribution is -2.29. The maximum atomic E-state index is 12.6. The van der Waals surface area contributed by atoms with Crippen molar-refractivity contribution in [2.75, 3.05) is 18.3 Å². The zero-order valence-corrected chi connectivity index (χ0v) is 15.7. The normalized spacial score (nSPS) is 22.2. The van der Waals surface area contributed by atoms with Gasteiger partial charge in [0.05, 0.1) is 10.8 Å². The highest BCUT2D eigenvalue weighted by atomic mass is 32.2. The summed E-state index contributed by atoms with van der Waals surface area (Å²) in [6.07, 6.45) is 1.22. The minimum absolute atomic E-state index is 0.351. The molecule has 1 aliphatic rings. The molecule has 1 heterocycles. The molecular formula is C18H24N2O2S2. The quantitative estimate of drug-likeness (QED) is 0.630. The maximum Gasteiger partial charge on any atom is 0.241 e. The van der Waals surface area contributed by atoms with Crippen LogP contribution in [0.3, 0.4) is 0 Å². The van der Waals surface area contributed by atoms with Gasteiger partial charge in [0.1, 0.15) is 0 Å². The Morgan fingerprint density at radius 1 is 1.17 bits per heavy atom. The predicted octanol–water partition coefficient (Wildman–Crippen LogP) is 3.50. The molecule has 130 valence electrons. The Bertz CT molecular complexity index is 802. The van der Waals surface area contributed by atoms with Crippen molar-refractivity contribution in [3.63, 3.8) is 0 Å². The molecule has 24 heavy (non-hydrogen) atoms. The zero-order valence-electron chi connectivity index (χ0n) is 14.1. The van der Waals surface area contributed by atoms with Gasteiger partial charge in [0, 0.05) is 23.8 Å². The standard InChI is InChI=1S/C18H24N2O2S2/c1-14-10-15(2)20(11-14)13-23-12-19-24(21,22)18-9-5-7-16-6-3-4-8-17(16)18/h3-9,14-15,19H,10-13H2,1-2H3. The summed E-state index contributed by atoms with van der Waals surface area (Å²) < 4.78 is 28.0. The van der Waals surface area contributed by atoms with E-state index in [0.29, 0.717) is 16.8 Å². The van der Waals surface area contributed by atoms with E-state index in [9.17, 15) is 8.42 Å². The highest BCUT2D eigenvalue weighted by Crippen LogP contribution is 2.25. The van der Waals surface area contributed by atoms with Gasteiger partial charge in [0.2, 0.25) is 10.0 Å². The molecule has 1 N–H and O–H groups in total. The third-order valence-corrected chi connectivity index (χ3v) is 7.07. The Balaban J connectivity index is 1.62. The van der Waals surface area contributed by atoms with Gasteiger partial charge in [-0.05, 0) is 30.7 Å². The Kier molecular flexibility index (Phi) is 5.49. The van der Waals surface area contributed by atoms with Gasteiger partial charge in [-0.25, -0.2) is 13.1 Å². The summed E-state index contributed by atoms with van der Waals surface area (Å²) in [7, 11) is -3.50.